The molecule has 0 bridgehead atoms. The first kappa shape index (κ1) is 12.8. The molecule has 3 nitrogen and oxygen atoms in total. The van der Waals surface area contributed by atoms with Crippen LogP contribution in [0.4, 0.5) is 0 Å². The van der Waals surface area contributed by atoms with Crippen LogP contribution < -0.4 is 4.72 Å². The first-order chi connectivity index (χ1) is 8.54. The molecule has 1 radical (unpaired) electrons. The second-order valence-corrected chi connectivity index (χ2v) is 5.89. The van der Waals surface area contributed by atoms with Gasteiger partial charge in [0, 0.05) is 6.54 Å². The van der Waals surface area contributed by atoms with Gasteiger partial charge in [0.25, 0.3) is 0 Å². The fourth-order valence-corrected chi connectivity index (χ4v) is 2.05. The Hall–Kier alpha value is -1.65. The molecule has 2 aromatic rings. The zero-order chi connectivity index (χ0) is 13.0. The molecule has 0 aromatic heterocycles. The summed E-state index contributed by atoms with van der Waals surface area (Å²) in [6, 6.07) is 18.7. The zero-order valence-corrected chi connectivity index (χ0v) is 10.9. The lowest BCUT2D eigenvalue weighted by Crippen LogP contribution is -2.21. The molecule has 0 atom stereocenters. The van der Waals surface area contributed by atoms with Crippen molar-refractivity contribution in [3.8, 4) is 11.1 Å². The molecule has 0 saturated heterocycles. The summed E-state index contributed by atoms with van der Waals surface area (Å²) in [4.78, 5) is 0. The van der Waals surface area contributed by atoms with Crippen molar-refractivity contribution in [3.63, 3.8) is 0 Å². The van der Waals surface area contributed by atoms with Gasteiger partial charge in [-0.05, 0) is 28.8 Å². The summed E-state index contributed by atoms with van der Waals surface area (Å²) >= 11 is 0. The second-order valence-electron chi connectivity index (χ2n) is 4.06. The van der Waals surface area contributed by atoms with Crippen LogP contribution in [-0.4, -0.2) is 14.7 Å². The maximum atomic E-state index is 11.0. The van der Waals surface area contributed by atoms with E-state index < -0.39 is 10.0 Å². The first-order valence-corrected chi connectivity index (χ1v) is 7.44. The highest BCUT2D eigenvalue weighted by molar-refractivity contribution is 7.88. The van der Waals surface area contributed by atoms with Gasteiger partial charge in [0.1, 0.15) is 0 Å². The molecule has 1 N–H and O–H groups in total. The van der Waals surface area contributed by atoms with E-state index in [1.807, 2.05) is 48.5 Å². The summed E-state index contributed by atoms with van der Waals surface area (Å²) in [7, 11) is -3.17. The zero-order valence-electron chi connectivity index (χ0n) is 10.1. The maximum Gasteiger partial charge on any atom is 0.209 e. The van der Waals surface area contributed by atoms with Crippen molar-refractivity contribution in [3.05, 3.63) is 60.2 Å². The van der Waals surface area contributed by atoms with Gasteiger partial charge in [0.15, 0.2) is 0 Å². The normalized spacial score (nSPS) is 11.4. The van der Waals surface area contributed by atoms with Crippen LogP contribution in [0.5, 0.6) is 0 Å². The van der Waals surface area contributed by atoms with Gasteiger partial charge in [-0.1, -0.05) is 42.5 Å². The highest BCUT2D eigenvalue weighted by Crippen LogP contribution is 2.19. The minimum absolute atomic E-state index is 0.263. The number of rotatable bonds is 4. The lowest BCUT2D eigenvalue weighted by Gasteiger charge is -2.05. The molecular weight excluding hydrogens is 246 g/mol. The van der Waals surface area contributed by atoms with E-state index in [4.69, 9.17) is 0 Å². The Labute approximate surface area is 108 Å². The minimum Gasteiger partial charge on any atom is -0.213 e. The van der Waals surface area contributed by atoms with E-state index in [1.54, 1.807) is 0 Å². The third-order valence-corrected chi connectivity index (χ3v) is 3.16. The van der Waals surface area contributed by atoms with Crippen molar-refractivity contribution in [1.82, 2.24) is 4.72 Å². The minimum atomic E-state index is -3.17. The molecule has 93 valence electrons. The van der Waals surface area contributed by atoms with Gasteiger partial charge in [-0.25, -0.2) is 13.1 Å². The number of hydrogen-bond donors (Lipinski definition) is 1. The standard InChI is InChI=1S/C14H14NO2S/c1-18(16,17)15-11-12-6-5-9-14(10-12)13-7-3-2-4-8-13/h2-5,7-10,15H,11H2,1H3. The summed E-state index contributed by atoms with van der Waals surface area (Å²) in [6.07, 6.45) is 1.15. The average Bonchev–Trinajstić information content (AvgIpc) is 2.37. The molecule has 0 unspecified atom stereocenters. The summed E-state index contributed by atoms with van der Waals surface area (Å²) in [5.74, 6) is 0. The topological polar surface area (TPSA) is 46.2 Å². The highest BCUT2D eigenvalue weighted by atomic mass is 32.2. The van der Waals surface area contributed by atoms with Gasteiger partial charge in [-0.3, -0.25) is 0 Å². The Morgan fingerprint density at radius 1 is 1.11 bits per heavy atom. The Kier molecular flexibility index (Phi) is 3.79. The molecule has 2 rings (SSSR count). The number of nitrogens with one attached hydrogen (secondary N) is 1. The van der Waals surface area contributed by atoms with Crippen LogP contribution in [0, 0.1) is 6.07 Å². The van der Waals surface area contributed by atoms with E-state index in [0.717, 1.165) is 22.9 Å². The third-order valence-electron chi connectivity index (χ3n) is 2.49. The molecule has 4 heteroatoms. The molecular formula is C14H14NO2S. The molecule has 0 amide bonds. The van der Waals surface area contributed by atoms with Gasteiger partial charge < -0.3 is 0 Å². The van der Waals surface area contributed by atoms with Gasteiger partial charge in [0.05, 0.1) is 6.26 Å². The van der Waals surface area contributed by atoms with Crippen LogP contribution in [0.1, 0.15) is 5.56 Å². The predicted octanol–water partition coefficient (Wildman–Crippen LogP) is 2.20. The van der Waals surface area contributed by atoms with Crippen molar-refractivity contribution in [2.75, 3.05) is 6.26 Å². The van der Waals surface area contributed by atoms with Crippen LogP contribution in [0.2, 0.25) is 0 Å². The molecule has 0 aliphatic carbocycles. The molecule has 18 heavy (non-hydrogen) atoms. The lowest BCUT2D eigenvalue weighted by atomic mass is 10.0. The molecule has 0 saturated carbocycles. The van der Waals surface area contributed by atoms with Gasteiger partial charge >= 0.3 is 0 Å². The number of benzene rings is 2. The van der Waals surface area contributed by atoms with Gasteiger partial charge in [-0.2, -0.15) is 0 Å². The second kappa shape index (κ2) is 5.33. The smallest absolute Gasteiger partial charge is 0.209 e. The molecule has 0 fully saturated rings. The molecule has 0 aliphatic heterocycles. The average molecular weight is 260 g/mol. The van der Waals surface area contributed by atoms with Crippen LogP contribution >= 0.6 is 0 Å². The van der Waals surface area contributed by atoms with Crippen molar-refractivity contribution >= 4 is 10.0 Å². The Morgan fingerprint density at radius 3 is 2.50 bits per heavy atom. The number of sulfonamides is 1. The van der Waals surface area contributed by atoms with E-state index in [1.165, 1.54) is 0 Å². The van der Waals surface area contributed by atoms with Crippen molar-refractivity contribution < 1.29 is 8.42 Å². The van der Waals surface area contributed by atoms with Crippen LogP contribution in [0.25, 0.3) is 11.1 Å². The van der Waals surface area contributed by atoms with E-state index in [2.05, 4.69) is 10.8 Å². The summed E-state index contributed by atoms with van der Waals surface area (Å²) < 4.78 is 24.5. The van der Waals surface area contributed by atoms with Crippen molar-refractivity contribution in [1.29, 1.82) is 0 Å². The Balaban J connectivity index is 2.21. The van der Waals surface area contributed by atoms with Gasteiger partial charge in [-0.15, -0.1) is 0 Å². The fourth-order valence-electron chi connectivity index (χ4n) is 1.64. The fraction of sp³-hybridized carbons (Fsp3) is 0.143. The molecule has 0 spiro atoms. The van der Waals surface area contributed by atoms with E-state index in [9.17, 15) is 8.42 Å². The highest BCUT2D eigenvalue weighted by Gasteiger charge is 2.03. The summed E-state index contributed by atoms with van der Waals surface area (Å²) in [5.41, 5.74) is 2.98. The first-order valence-electron chi connectivity index (χ1n) is 5.55. The van der Waals surface area contributed by atoms with E-state index in [0.29, 0.717) is 0 Å². The predicted molar refractivity (Wildman–Crippen MR) is 72.4 cm³/mol. The Morgan fingerprint density at radius 2 is 1.83 bits per heavy atom. The quantitative estimate of drug-likeness (QED) is 0.916. The maximum absolute atomic E-state index is 11.0. The van der Waals surface area contributed by atoms with Crippen molar-refractivity contribution in [2.45, 2.75) is 6.54 Å². The summed E-state index contributed by atoms with van der Waals surface area (Å²) in [5, 5.41) is 0. The van der Waals surface area contributed by atoms with Crippen LogP contribution in [0.15, 0.2) is 48.5 Å². The third kappa shape index (κ3) is 3.68. The molecule has 2 aromatic carbocycles. The van der Waals surface area contributed by atoms with Crippen molar-refractivity contribution in [2.24, 2.45) is 0 Å². The van der Waals surface area contributed by atoms with Crippen LogP contribution in [-0.2, 0) is 16.6 Å². The molecule has 0 heterocycles. The van der Waals surface area contributed by atoms with E-state index >= 15 is 0 Å². The number of hydrogen-bond acceptors (Lipinski definition) is 2. The van der Waals surface area contributed by atoms with Crippen LogP contribution in [0.3, 0.4) is 0 Å². The summed E-state index contributed by atoms with van der Waals surface area (Å²) in [6.45, 7) is 0.263. The SMILES string of the molecule is CS(=O)(=O)NCc1[c]ccc(-c2ccccc2)c1. The van der Waals surface area contributed by atoms with Gasteiger partial charge in [0.2, 0.25) is 10.0 Å². The van der Waals surface area contributed by atoms with E-state index in [-0.39, 0.29) is 6.54 Å². The lowest BCUT2D eigenvalue weighted by molar-refractivity contribution is 0.587. The Bertz CT molecular complexity index is 621. The largest absolute Gasteiger partial charge is 0.213 e. The molecule has 0 aliphatic rings. The monoisotopic (exact) mass is 260 g/mol.